The van der Waals surface area contributed by atoms with Crippen molar-refractivity contribution in [2.45, 2.75) is 0 Å². The molecule has 90 valence electrons. The zero-order chi connectivity index (χ0) is 12.7. The zero-order valence-electron chi connectivity index (χ0n) is 9.28. The molecule has 0 aliphatic heterocycles. The maximum absolute atomic E-state index is 5.88. The number of hydrogen-bond donors (Lipinski definition) is 1. The lowest BCUT2D eigenvalue weighted by Crippen LogP contribution is -1.86. The molecule has 0 amide bonds. The molecule has 1 nitrogen and oxygen atoms in total. The van der Waals surface area contributed by atoms with E-state index in [1.165, 1.54) is 15.6 Å². The van der Waals surface area contributed by atoms with Crippen molar-refractivity contribution >= 4 is 59.0 Å². The van der Waals surface area contributed by atoms with Gasteiger partial charge in [0.25, 0.3) is 0 Å². The minimum absolute atomic E-state index is 0.780. The van der Waals surface area contributed by atoms with Crippen LogP contribution >= 0.6 is 43.2 Å². The van der Waals surface area contributed by atoms with Gasteiger partial charge in [0.1, 0.15) is 0 Å². The summed E-state index contributed by atoms with van der Waals surface area (Å²) >= 11 is 8.92. The molecule has 0 saturated carbocycles. The Balaban J connectivity index is 2.32. The number of anilines is 1. The van der Waals surface area contributed by atoms with E-state index in [4.69, 9.17) is 5.73 Å². The Labute approximate surface area is 126 Å². The van der Waals surface area contributed by atoms with Gasteiger partial charge in [-0.1, -0.05) is 28.1 Å². The lowest BCUT2D eigenvalue weighted by molar-refractivity contribution is 1.62. The second-order valence-electron chi connectivity index (χ2n) is 4.01. The molecule has 2 aromatic carbocycles. The van der Waals surface area contributed by atoms with Gasteiger partial charge in [0.2, 0.25) is 0 Å². The highest BCUT2D eigenvalue weighted by Crippen LogP contribution is 2.40. The van der Waals surface area contributed by atoms with Crippen molar-refractivity contribution in [1.82, 2.24) is 0 Å². The average Bonchev–Trinajstić information content (AvgIpc) is 2.77. The first-order valence-corrected chi connectivity index (χ1v) is 7.84. The molecule has 2 N–H and O–H groups in total. The first-order valence-electron chi connectivity index (χ1n) is 5.38. The Morgan fingerprint density at radius 1 is 0.944 bits per heavy atom. The Bertz CT molecular complexity index is 734. The molecule has 0 bridgehead atoms. The molecule has 0 radical (unpaired) electrons. The van der Waals surface area contributed by atoms with Crippen LogP contribution in [0.1, 0.15) is 0 Å². The largest absolute Gasteiger partial charge is 0.399 e. The van der Waals surface area contributed by atoms with Crippen LogP contribution in [0.2, 0.25) is 0 Å². The minimum Gasteiger partial charge on any atom is -0.399 e. The minimum atomic E-state index is 0.780. The standard InChI is InChI=1S/C14H9Br2NS/c15-12-5-4-8(17)6-10(12)11-7-18-14-9(11)2-1-3-13(14)16/h1-7H,17H2. The third kappa shape index (κ3) is 1.98. The highest BCUT2D eigenvalue weighted by molar-refractivity contribution is 9.11. The summed E-state index contributed by atoms with van der Waals surface area (Å²) in [6, 6.07) is 12.2. The highest BCUT2D eigenvalue weighted by atomic mass is 79.9. The van der Waals surface area contributed by atoms with E-state index in [2.05, 4.69) is 55.4 Å². The molecule has 0 spiro atoms. The van der Waals surface area contributed by atoms with Gasteiger partial charge >= 0.3 is 0 Å². The molecule has 0 aliphatic rings. The second-order valence-corrected chi connectivity index (χ2v) is 6.59. The number of fused-ring (bicyclic) bond motifs is 1. The number of nitrogen functional groups attached to an aromatic ring is 1. The van der Waals surface area contributed by atoms with Crippen molar-refractivity contribution in [3.05, 3.63) is 50.7 Å². The van der Waals surface area contributed by atoms with Gasteiger partial charge in [-0.25, -0.2) is 0 Å². The van der Waals surface area contributed by atoms with E-state index in [0.29, 0.717) is 0 Å². The smallest absolute Gasteiger partial charge is 0.0491 e. The summed E-state index contributed by atoms with van der Waals surface area (Å²) in [7, 11) is 0. The summed E-state index contributed by atoms with van der Waals surface area (Å²) in [5.41, 5.74) is 9.02. The van der Waals surface area contributed by atoms with E-state index in [-0.39, 0.29) is 0 Å². The van der Waals surface area contributed by atoms with Crippen LogP contribution < -0.4 is 5.73 Å². The van der Waals surface area contributed by atoms with Gasteiger partial charge in [0.05, 0.1) is 0 Å². The number of thiophene rings is 1. The van der Waals surface area contributed by atoms with Crippen molar-refractivity contribution < 1.29 is 0 Å². The number of hydrogen-bond acceptors (Lipinski definition) is 2. The van der Waals surface area contributed by atoms with E-state index in [1.807, 2.05) is 18.2 Å². The number of rotatable bonds is 1. The van der Waals surface area contributed by atoms with Gasteiger partial charge in [-0.15, -0.1) is 11.3 Å². The van der Waals surface area contributed by atoms with E-state index in [9.17, 15) is 0 Å². The number of nitrogens with two attached hydrogens (primary N) is 1. The number of halogens is 2. The summed E-state index contributed by atoms with van der Waals surface area (Å²) in [6.07, 6.45) is 0. The predicted molar refractivity (Wildman–Crippen MR) is 87.1 cm³/mol. The molecule has 1 heterocycles. The topological polar surface area (TPSA) is 26.0 Å². The Hall–Kier alpha value is -0.840. The van der Waals surface area contributed by atoms with Crippen molar-refractivity contribution in [3.63, 3.8) is 0 Å². The Morgan fingerprint density at radius 3 is 2.61 bits per heavy atom. The molecule has 4 heteroatoms. The molecule has 0 aliphatic carbocycles. The monoisotopic (exact) mass is 381 g/mol. The molecule has 1 aromatic heterocycles. The maximum atomic E-state index is 5.88. The van der Waals surface area contributed by atoms with Crippen molar-refractivity contribution in [2.24, 2.45) is 0 Å². The summed E-state index contributed by atoms with van der Waals surface area (Å²) in [6.45, 7) is 0. The first-order chi connectivity index (χ1) is 8.66. The quantitative estimate of drug-likeness (QED) is 0.538. The van der Waals surface area contributed by atoms with Gasteiger partial charge in [-0.05, 0) is 51.1 Å². The van der Waals surface area contributed by atoms with Crippen molar-refractivity contribution in [1.29, 1.82) is 0 Å². The molecule has 18 heavy (non-hydrogen) atoms. The SMILES string of the molecule is Nc1ccc(Br)c(-c2csc3c(Br)cccc23)c1. The average molecular weight is 383 g/mol. The van der Waals surface area contributed by atoms with Crippen molar-refractivity contribution in [3.8, 4) is 11.1 Å². The lowest BCUT2D eigenvalue weighted by Gasteiger charge is -2.05. The Kier molecular flexibility index (Phi) is 3.18. The molecule has 0 unspecified atom stereocenters. The second kappa shape index (κ2) is 4.68. The zero-order valence-corrected chi connectivity index (χ0v) is 13.3. The summed E-state index contributed by atoms with van der Waals surface area (Å²) in [5, 5.41) is 3.43. The summed E-state index contributed by atoms with van der Waals surface area (Å²) < 4.78 is 3.47. The first kappa shape index (κ1) is 12.2. The van der Waals surface area contributed by atoms with Gasteiger partial charge in [0.15, 0.2) is 0 Å². The fourth-order valence-corrected chi connectivity index (χ4v) is 4.06. The highest BCUT2D eigenvalue weighted by Gasteiger charge is 2.11. The van der Waals surface area contributed by atoms with Gasteiger partial charge < -0.3 is 5.73 Å². The van der Waals surface area contributed by atoms with Crippen LogP contribution in [0.25, 0.3) is 21.2 Å². The van der Waals surface area contributed by atoms with Crippen LogP contribution in [0.3, 0.4) is 0 Å². The van der Waals surface area contributed by atoms with E-state index in [0.717, 1.165) is 20.2 Å². The predicted octanol–water partition coefficient (Wildman–Crippen LogP) is 5.68. The lowest BCUT2D eigenvalue weighted by atomic mass is 10.0. The van der Waals surface area contributed by atoms with Crippen LogP contribution in [0.15, 0.2) is 50.7 Å². The van der Waals surface area contributed by atoms with Crippen LogP contribution in [-0.4, -0.2) is 0 Å². The fraction of sp³-hybridized carbons (Fsp3) is 0. The van der Waals surface area contributed by atoms with E-state index in [1.54, 1.807) is 11.3 Å². The molecular weight excluding hydrogens is 374 g/mol. The third-order valence-corrected chi connectivity index (χ3v) is 5.48. The third-order valence-electron chi connectivity index (χ3n) is 2.83. The molecule has 3 rings (SSSR count). The Morgan fingerprint density at radius 2 is 1.78 bits per heavy atom. The van der Waals surface area contributed by atoms with Gasteiger partial charge in [-0.3, -0.25) is 0 Å². The molecule has 0 saturated heterocycles. The van der Waals surface area contributed by atoms with Crippen LogP contribution in [0.5, 0.6) is 0 Å². The molecular formula is C14H9Br2NS. The van der Waals surface area contributed by atoms with E-state index >= 15 is 0 Å². The fourth-order valence-electron chi connectivity index (χ4n) is 1.98. The van der Waals surface area contributed by atoms with Crippen LogP contribution in [0, 0.1) is 0 Å². The maximum Gasteiger partial charge on any atom is 0.0491 e. The molecule has 0 fully saturated rings. The normalized spacial score (nSPS) is 11.0. The molecule has 3 aromatic rings. The van der Waals surface area contributed by atoms with Crippen LogP contribution in [0.4, 0.5) is 5.69 Å². The van der Waals surface area contributed by atoms with Crippen molar-refractivity contribution in [2.75, 3.05) is 5.73 Å². The summed E-state index contributed by atoms with van der Waals surface area (Å²) in [4.78, 5) is 0. The van der Waals surface area contributed by atoms with Gasteiger partial charge in [-0.2, -0.15) is 0 Å². The summed E-state index contributed by atoms with van der Waals surface area (Å²) in [5.74, 6) is 0. The van der Waals surface area contributed by atoms with Crippen LogP contribution in [-0.2, 0) is 0 Å². The van der Waals surface area contributed by atoms with E-state index < -0.39 is 0 Å². The molecule has 0 atom stereocenters. The van der Waals surface area contributed by atoms with Gasteiger partial charge in [0, 0.05) is 30.3 Å². The number of benzene rings is 2.